The van der Waals surface area contributed by atoms with Gasteiger partial charge < -0.3 is 18.9 Å². The van der Waals surface area contributed by atoms with E-state index in [0.717, 1.165) is 37.5 Å². The number of hydrogen-bond donors (Lipinski definition) is 0. The monoisotopic (exact) mass is 522 g/mol. The van der Waals surface area contributed by atoms with Crippen molar-refractivity contribution in [3.05, 3.63) is 71.8 Å². The van der Waals surface area contributed by atoms with E-state index in [0.29, 0.717) is 23.5 Å². The maximum atomic E-state index is 12.2. The van der Waals surface area contributed by atoms with Gasteiger partial charge in [0.2, 0.25) is 0 Å². The summed E-state index contributed by atoms with van der Waals surface area (Å²) in [6.45, 7) is 6.98. The van der Waals surface area contributed by atoms with Crippen molar-refractivity contribution in [1.29, 1.82) is 0 Å². The lowest BCUT2D eigenvalue weighted by Crippen LogP contribution is -2.12. The Labute approximate surface area is 227 Å². The Kier molecular flexibility index (Phi) is 12.7. The Morgan fingerprint density at radius 3 is 2.45 bits per heavy atom. The van der Waals surface area contributed by atoms with Gasteiger partial charge in [-0.15, -0.1) is 0 Å². The Morgan fingerprint density at radius 1 is 0.947 bits per heavy atom. The van der Waals surface area contributed by atoms with E-state index in [1.807, 2.05) is 12.1 Å². The molecule has 0 aromatic heterocycles. The zero-order valence-electron chi connectivity index (χ0n) is 22.8. The highest BCUT2D eigenvalue weighted by atomic mass is 16.5. The molecule has 206 valence electrons. The van der Waals surface area contributed by atoms with E-state index in [-0.39, 0.29) is 19.6 Å². The van der Waals surface area contributed by atoms with Crippen LogP contribution in [-0.4, -0.2) is 38.4 Å². The predicted molar refractivity (Wildman–Crippen MR) is 149 cm³/mol. The van der Waals surface area contributed by atoms with Crippen molar-refractivity contribution in [3.63, 3.8) is 0 Å². The fraction of sp³-hybridized carbons (Fsp3) is 0.500. The van der Waals surface area contributed by atoms with Gasteiger partial charge in [-0.25, -0.2) is 4.79 Å². The van der Waals surface area contributed by atoms with Gasteiger partial charge in [0.25, 0.3) is 0 Å². The normalized spacial score (nSPS) is 13.5. The predicted octanol–water partition coefficient (Wildman–Crippen LogP) is 6.89. The van der Waals surface area contributed by atoms with Gasteiger partial charge in [0, 0.05) is 5.56 Å². The van der Waals surface area contributed by atoms with Crippen LogP contribution >= 0.6 is 0 Å². The van der Waals surface area contributed by atoms with E-state index in [2.05, 4.69) is 18.7 Å². The lowest BCUT2D eigenvalue weighted by atomic mass is 9.86. The van der Waals surface area contributed by atoms with Crippen LogP contribution in [0.3, 0.4) is 0 Å². The van der Waals surface area contributed by atoms with Crippen LogP contribution in [-0.2, 0) is 27.1 Å². The number of carbonyl (C=O) groups is 2. The lowest BCUT2D eigenvalue weighted by molar-refractivity contribution is -0.141. The molecule has 6 heteroatoms. The standard InChI is InChI=1S/C32H42O6/c1-3-20-38-31(33)24-28-23-27(32(34)35-4-2)16-19-30(28)37-22-9-13-26-14-17-29(18-15-26)36-21-8-12-25-10-6-5-7-11-25/h3,14-19,23,25H,1,4-13,20-22,24H2,2H3. The second-order valence-corrected chi connectivity index (χ2v) is 9.78. The molecule has 3 rings (SSSR count). The highest BCUT2D eigenvalue weighted by Crippen LogP contribution is 2.27. The molecule has 1 saturated carbocycles. The summed E-state index contributed by atoms with van der Waals surface area (Å²) in [6.07, 6.45) is 12.6. The maximum Gasteiger partial charge on any atom is 0.338 e. The van der Waals surface area contributed by atoms with Crippen LogP contribution in [0.2, 0.25) is 0 Å². The Morgan fingerprint density at radius 2 is 1.71 bits per heavy atom. The minimum Gasteiger partial charge on any atom is -0.494 e. The molecule has 0 heterocycles. The minimum absolute atomic E-state index is 0.00145. The molecule has 0 bridgehead atoms. The first-order valence-electron chi connectivity index (χ1n) is 14.0. The highest BCUT2D eigenvalue weighted by molar-refractivity contribution is 5.90. The van der Waals surface area contributed by atoms with Gasteiger partial charge >= 0.3 is 11.9 Å². The summed E-state index contributed by atoms with van der Waals surface area (Å²) in [6, 6.07) is 13.3. The van der Waals surface area contributed by atoms with Gasteiger partial charge in [0.05, 0.1) is 31.8 Å². The molecule has 0 unspecified atom stereocenters. The molecule has 0 aliphatic heterocycles. The third-order valence-electron chi connectivity index (χ3n) is 6.81. The van der Waals surface area contributed by atoms with Crippen LogP contribution in [0.5, 0.6) is 11.5 Å². The van der Waals surface area contributed by atoms with E-state index in [9.17, 15) is 9.59 Å². The average molecular weight is 523 g/mol. The van der Waals surface area contributed by atoms with E-state index < -0.39 is 11.9 Å². The second-order valence-electron chi connectivity index (χ2n) is 9.78. The molecule has 1 aliphatic carbocycles. The Bertz CT molecular complexity index is 1010. The number of benzene rings is 2. The SMILES string of the molecule is C=CCOC(=O)Cc1cc(C(=O)OCC)ccc1OCCCc1ccc(OCCCC2CCCCC2)cc1. The molecular weight excluding hydrogens is 480 g/mol. The molecule has 2 aromatic rings. The summed E-state index contributed by atoms with van der Waals surface area (Å²) in [5.41, 5.74) is 2.19. The van der Waals surface area contributed by atoms with Crippen LogP contribution in [0, 0.1) is 5.92 Å². The van der Waals surface area contributed by atoms with Gasteiger partial charge in [-0.2, -0.15) is 0 Å². The van der Waals surface area contributed by atoms with Crippen LogP contribution < -0.4 is 9.47 Å². The number of aryl methyl sites for hydroxylation is 1. The van der Waals surface area contributed by atoms with Gasteiger partial charge in [-0.1, -0.05) is 56.9 Å². The number of ether oxygens (including phenoxy) is 4. The van der Waals surface area contributed by atoms with Crippen molar-refractivity contribution in [3.8, 4) is 11.5 Å². The summed E-state index contributed by atoms with van der Waals surface area (Å²) >= 11 is 0. The molecule has 0 spiro atoms. The third kappa shape index (κ3) is 10.2. The summed E-state index contributed by atoms with van der Waals surface area (Å²) in [4.78, 5) is 24.3. The van der Waals surface area contributed by atoms with Crippen molar-refractivity contribution < 1.29 is 28.5 Å². The molecule has 1 fully saturated rings. The minimum atomic E-state index is -0.434. The molecule has 0 radical (unpaired) electrons. The zero-order valence-corrected chi connectivity index (χ0v) is 22.8. The zero-order chi connectivity index (χ0) is 27.0. The third-order valence-corrected chi connectivity index (χ3v) is 6.81. The maximum absolute atomic E-state index is 12.2. The first-order chi connectivity index (χ1) is 18.6. The molecular formula is C32H42O6. The summed E-state index contributed by atoms with van der Waals surface area (Å²) in [7, 11) is 0. The van der Waals surface area contributed by atoms with Crippen LogP contribution in [0.4, 0.5) is 0 Å². The smallest absolute Gasteiger partial charge is 0.338 e. The van der Waals surface area contributed by atoms with Crippen LogP contribution in [0.25, 0.3) is 0 Å². The lowest BCUT2D eigenvalue weighted by Gasteiger charge is -2.21. The first kappa shape index (κ1) is 29.3. The van der Waals surface area contributed by atoms with Gasteiger partial charge in [0.15, 0.2) is 0 Å². The van der Waals surface area contributed by atoms with E-state index in [1.165, 1.54) is 50.2 Å². The number of rotatable bonds is 16. The molecule has 2 aromatic carbocycles. The van der Waals surface area contributed by atoms with Gasteiger partial charge in [-0.3, -0.25) is 4.79 Å². The van der Waals surface area contributed by atoms with Crippen molar-refractivity contribution in [2.45, 2.75) is 71.1 Å². The number of esters is 2. The van der Waals surface area contributed by atoms with Crippen molar-refractivity contribution in [1.82, 2.24) is 0 Å². The van der Waals surface area contributed by atoms with E-state index >= 15 is 0 Å². The fourth-order valence-corrected chi connectivity index (χ4v) is 4.81. The number of carbonyl (C=O) groups excluding carboxylic acids is 2. The second kappa shape index (κ2) is 16.5. The van der Waals surface area contributed by atoms with Gasteiger partial charge in [-0.05, 0) is 74.4 Å². The topological polar surface area (TPSA) is 71.1 Å². The van der Waals surface area contributed by atoms with E-state index in [1.54, 1.807) is 25.1 Å². The Balaban J connectivity index is 1.44. The highest BCUT2D eigenvalue weighted by Gasteiger charge is 2.15. The summed E-state index contributed by atoms with van der Waals surface area (Å²) in [5, 5.41) is 0. The van der Waals surface area contributed by atoms with Crippen molar-refractivity contribution in [2.75, 3.05) is 26.4 Å². The first-order valence-corrected chi connectivity index (χ1v) is 14.0. The molecule has 38 heavy (non-hydrogen) atoms. The van der Waals surface area contributed by atoms with Crippen LogP contribution in [0.15, 0.2) is 55.1 Å². The quantitative estimate of drug-likeness (QED) is 0.136. The molecule has 0 amide bonds. The summed E-state index contributed by atoms with van der Waals surface area (Å²) < 4.78 is 22.1. The van der Waals surface area contributed by atoms with Crippen LogP contribution in [0.1, 0.15) is 79.8 Å². The largest absolute Gasteiger partial charge is 0.494 e. The molecule has 0 saturated heterocycles. The Hall–Kier alpha value is -3.28. The fourth-order valence-electron chi connectivity index (χ4n) is 4.81. The molecule has 6 nitrogen and oxygen atoms in total. The van der Waals surface area contributed by atoms with Crippen molar-refractivity contribution >= 4 is 11.9 Å². The molecule has 0 N–H and O–H groups in total. The summed E-state index contributed by atoms with van der Waals surface area (Å²) in [5.74, 6) is 1.53. The number of hydrogen-bond acceptors (Lipinski definition) is 6. The van der Waals surface area contributed by atoms with Gasteiger partial charge in [0.1, 0.15) is 18.1 Å². The van der Waals surface area contributed by atoms with Crippen molar-refractivity contribution in [2.24, 2.45) is 5.92 Å². The average Bonchev–Trinajstić information content (AvgIpc) is 2.94. The molecule has 0 atom stereocenters. The molecule has 1 aliphatic rings. The van der Waals surface area contributed by atoms with E-state index in [4.69, 9.17) is 18.9 Å².